The van der Waals surface area contributed by atoms with E-state index in [9.17, 15) is 4.79 Å². The number of hydrogen-bond acceptors (Lipinski definition) is 4. The first-order chi connectivity index (χ1) is 8.01. The molecule has 0 atom stereocenters. The number of carbonyl (C=O) groups excluding carboxylic acids is 1. The van der Waals surface area contributed by atoms with Crippen molar-refractivity contribution in [2.45, 2.75) is 25.8 Å². The van der Waals surface area contributed by atoms with Gasteiger partial charge in [0.15, 0.2) is 0 Å². The first kappa shape index (κ1) is 16.3. The summed E-state index contributed by atoms with van der Waals surface area (Å²) >= 11 is 0. The first-order valence-electron chi connectivity index (χ1n) is 5.60. The van der Waals surface area contributed by atoms with Crippen molar-refractivity contribution >= 4 is 14.7 Å². The van der Waals surface area contributed by atoms with E-state index in [0.717, 1.165) is 18.9 Å². The Hall–Kier alpha value is -0.693. The highest BCUT2D eigenvalue weighted by atomic mass is 28.4. The van der Waals surface area contributed by atoms with Gasteiger partial charge in [0.1, 0.15) is 0 Å². The Morgan fingerprint density at radius 1 is 1.18 bits per heavy atom. The van der Waals surface area contributed by atoms with Crippen LogP contribution in [0.1, 0.15) is 19.8 Å². The number of amides is 1. The molecule has 0 aliphatic rings. The van der Waals surface area contributed by atoms with Crippen molar-refractivity contribution < 1.29 is 18.1 Å². The van der Waals surface area contributed by atoms with Crippen molar-refractivity contribution in [3.8, 4) is 0 Å². The molecule has 0 aliphatic carbocycles. The van der Waals surface area contributed by atoms with Crippen LogP contribution in [0.5, 0.6) is 0 Å². The van der Waals surface area contributed by atoms with Gasteiger partial charge in [0.05, 0.1) is 0 Å². The molecule has 0 rings (SSSR count). The monoisotopic (exact) mass is 261 g/mol. The zero-order valence-corrected chi connectivity index (χ0v) is 12.2. The zero-order valence-electron chi connectivity index (χ0n) is 11.2. The van der Waals surface area contributed by atoms with Crippen molar-refractivity contribution in [3.05, 3.63) is 12.2 Å². The first-order valence-corrected chi connectivity index (χ1v) is 7.53. The Labute approximate surface area is 105 Å². The lowest BCUT2D eigenvalue weighted by Gasteiger charge is -2.24. The molecular formula is C11H23NO4Si. The lowest BCUT2D eigenvalue weighted by molar-refractivity contribution is -0.117. The fourth-order valence-electron chi connectivity index (χ4n) is 1.38. The van der Waals surface area contributed by atoms with E-state index in [0.29, 0.717) is 12.1 Å². The minimum Gasteiger partial charge on any atom is -0.377 e. The summed E-state index contributed by atoms with van der Waals surface area (Å²) in [7, 11) is 2.35. The third-order valence-electron chi connectivity index (χ3n) is 2.52. The van der Waals surface area contributed by atoms with Crippen LogP contribution in [0, 0.1) is 0 Å². The van der Waals surface area contributed by atoms with Gasteiger partial charge in [-0.05, 0) is 19.8 Å². The number of rotatable bonds is 9. The van der Waals surface area contributed by atoms with Crippen LogP contribution in [-0.4, -0.2) is 42.6 Å². The predicted molar refractivity (Wildman–Crippen MR) is 68.6 cm³/mol. The van der Waals surface area contributed by atoms with Gasteiger partial charge in [0, 0.05) is 39.5 Å². The molecule has 0 aliphatic heterocycles. The lowest BCUT2D eigenvalue weighted by atomic mass is 10.3. The molecule has 1 N–H and O–H groups in total. The molecule has 0 bridgehead atoms. The Kier molecular flexibility index (Phi) is 8.06. The van der Waals surface area contributed by atoms with E-state index in [2.05, 4.69) is 11.9 Å². The van der Waals surface area contributed by atoms with Crippen molar-refractivity contribution in [1.82, 2.24) is 5.32 Å². The molecule has 0 saturated heterocycles. The van der Waals surface area contributed by atoms with Crippen LogP contribution in [0.4, 0.5) is 0 Å². The molecule has 100 valence electrons. The van der Waals surface area contributed by atoms with Gasteiger partial charge < -0.3 is 18.6 Å². The largest absolute Gasteiger partial charge is 0.500 e. The normalized spacial score (nSPS) is 11.3. The quantitative estimate of drug-likeness (QED) is 0.386. The molecular weight excluding hydrogens is 238 g/mol. The smallest absolute Gasteiger partial charge is 0.377 e. The molecule has 0 radical (unpaired) electrons. The van der Waals surface area contributed by atoms with Gasteiger partial charge >= 0.3 is 8.80 Å². The standard InChI is InChI=1S/C11H23NO4Si/c1-10(2)11(13)12-8-6-7-9-17(14-3,15-4)16-5/h1,6-9H2,2-5H3,(H,12,13). The van der Waals surface area contributed by atoms with Crippen LogP contribution >= 0.6 is 0 Å². The summed E-state index contributed by atoms with van der Waals surface area (Å²) in [4.78, 5) is 11.2. The average Bonchev–Trinajstić information content (AvgIpc) is 2.34. The van der Waals surface area contributed by atoms with E-state index in [-0.39, 0.29) is 5.91 Å². The third-order valence-corrected chi connectivity index (χ3v) is 5.35. The molecule has 0 aromatic rings. The molecule has 0 heterocycles. The number of unbranched alkanes of at least 4 members (excludes halogenated alkanes) is 1. The third kappa shape index (κ3) is 5.97. The SMILES string of the molecule is C=C(C)C(=O)NCCCC[Si](OC)(OC)OC. The molecule has 17 heavy (non-hydrogen) atoms. The Balaban J connectivity index is 3.76. The zero-order chi connectivity index (χ0) is 13.3. The van der Waals surface area contributed by atoms with Gasteiger partial charge in [-0.2, -0.15) is 0 Å². The molecule has 0 spiro atoms. The molecule has 0 aromatic heterocycles. The van der Waals surface area contributed by atoms with E-state index in [1.54, 1.807) is 28.3 Å². The minimum atomic E-state index is -2.45. The minimum absolute atomic E-state index is 0.0984. The molecule has 0 aromatic carbocycles. The second-order valence-corrected chi connectivity index (χ2v) is 6.88. The van der Waals surface area contributed by atoms with Crippen LogP contribution in [0.15, 0.2) is 12.2 Å². The molecule has 5 nitrogen and oxygen atoms in total. The highest BCUT2D eigenvalue weighted by Gasteiger charge is 2.36. The summed E-state index contributed by atoms with van der Waals surface area (Å²) in [5.41, 5.74) is 0.527. The number of hydrogen-bond donors (Lipinski definition) is 1. The summed E-state index contributed by atoms with van der Waals surface area (Å²) < 4.78 is 15.9. The highest BCUT2D eigenvalue weighted by Crippen LogP contribution is 2.15. The molecule has 1 amide bonds. The lowest BCUT2D eigenvalue weighted by Crippen LogP contribution is -2.42. The van der Waals surface area contributed by atoms with Gasteiger partial charge in [-0.3, -0.25) is 4.79 Å². The van der Waals surface area contributed by atoms with Crippen LogP contribution in [0.2, 0.25) is 6.04 Å². The van der Waals surface area contributed by atoms with Crippen molar-refractivity contribution in [2.24, 2.45) is 0 Å². The maximum Gasteiger partial charge on any atom is 0.500 e. The second kappa shape index (κ2) is 8.41. The van der Waals surface area contributed by atoms with Gasteiger partial charge in [-0.25, -0.2) is 0 Å². The molecule has 6 heteroatoms. The second-order valence-electron chi connectivity index (χ2n) is 3.79. The molecule has 0 unspecified atom stereocenters. The van der Waals surface area contributed by atoms with Gasteiger partial charge in [0.2, 0.25) is 5.91 Å². The van der Waals surface area contributed by atoms with E-state index in [1.165, 1.54) is 0 Å². The van der Waals surface area contributed by atoms with Crippen molar-refractivity contribution in [2.75, 3.05) is 27.9 Å². The maximum atomic E-state index is 11.2. The maximum absolute atomic E-state index is 11.2. The van der Waals surface area contributed by atoms with Crippen molar-refractivity contribution in [1.29, 1.82) is 0 Å². The summed E-state index contributed by atoms with van der Waals surface area (Å²) in [6.45, 7) is 5.89. The van der Waals surface area contributed by atoms with E-state index >= 15 is 0 Å². The van der Waals surface area contributed by atoms with Crippen LogP contribution in [-0.2, 0) is 18.1 Å². The molecule has 0 saturated carbocycles. The fraction of sp³-hybridized carbons (Fsp3) is 0.727. The topological polar surface area (TPSA) is 56.8 Å². The highest BCUT2D eigenvalue weighted by molar-refractivity contribution is 6.60. The molecule has 0 fully saturated rings. The van der Waals surface area contributed by atoms with Crippen LogP contribution in [0.25, 0.3) is 0 Å². The summed E-state index contributed by atoms with van der Waals surface area (Å²) in [6, 6.07) is 0.749. The predicted octanol–water partition coefficient (Wildman–Crippen LogP) is 1.34. The van der Waals surface area contributed by atoms with Gasteiger partial charge in [-0.15, -0.1) is 0 Å². The van der Waals surface area contributed by atoms with E-state index in [4.69, 9.17) is 13.3 Å². The van der Waals surface area contributed by atoms with Gasteiger partial charge in [-0.1, -0.05) is 6.58 Å². The van der Waals surface area contributed by atoms with Crippen LogP contribution in [0.3, 0.4) is 0 Å². The Morgan fingerprint density at radius 3 is 2.12 bits per heavy atom. The van der Waals surface area contributed by atoms with E-state index in [1.807, 2.05) is 0 Å². The van der Waals surface area contributed by atoms with Crippen LogP contribution < -0.4 is 5.32 Å². The fourth-order valence-corrected chi connectivity index (χ4v) is 3.17. The van der Waals surface area contributed by atoms with Crippen molar-refractivity contribution in [3.63, 3.8) is 0 Å². The summed E-state index contributed by atoms with van der Waals surface area (Å²) in [6.07, 6.45) is 1.75. The average molecular weight is 261 g/mol. The summed E-state index contributed by atoms with van der Waals surface area (Å²) in [5, 5.41) is 2.78. The van der Waals surface area contributed by atoms with Gasteiger partial charge in [0.25, 0.3) is 0 Å². The summed E-state index contributed by atoms with van der Waals surface area (Å²) in [5.74, 6) is -0.0984. The Bertz CT molecular complexity index is 246. The number of carbonyl (C=O) groups is 1. The number of nitrogens with one attached hydrogen (secondary N) is 1. The Morgan fingerprint density at radius 2 is 1.71 bits per heavy atom. The van der Waals surface area contributed by atoms with E-state index < -0.39 is 8.80 Å².